The second-order valence-corrected chi connectivity index (χ2v) is 23.1. The number of nitrogens with one attached hydrogen (secondary N) is 1. The van der Waals surface area contributed by atoms with Gasteiger partial charge in [0.15, 0.2) is 0 Å². The van der Waals surface area contributed by atoms with Crippen LogP contribution < -0.4 is 34.4 Å². The van der Waals surface area contributed by atoms with Gasteiger partial charge in [0.05, 0.1) is 65.1 Å². The van der Waals surface area contributed by atoms with Crippen LogP contribution in [0, 0.1) is 6.42 Å². The van der Waals surface area contributed by atoms with Gasteiger partial charge in [-0.2, -0.15) is 12.8 Å². The predicted molar refractivity (Wildman–Crippen MR) is 315 cm³/mol. The van der Waals surface area contributed by atoms with Crippen molar-refractivity contribution in [2.75, 3.05) is 30.4 Å². The molecule has 2 fully saturated rings. The number of methoxy groups -OCH3 is 3. The van der Waals surface area contributed by atoms with Crippen molar-refractivity contribution >= 4 is 107 Å². The van der Waals surface area contributed by atoms with Gasteiger partial charge in [0.1, 0.15) is 17.2 Å². The van der Waals surface area contributed by atoms with Gasteiger partial charge in [-0.15, -0.1) is 6.42 Å². The van der Waals surface area contributed by atoms with Gasteiger partial charge in [-0.25, -0.2) is 45.8 Å². The molecule has 11 rings (SSSR count). The summed E-state index contributed by atoms with van der Waals surface area (Å²) in [6, 6.07) is 32.1. The van der Waals surface area contributed by atoms with Gasteiger partial charge < -0.3 is 20.6 Å². The van der Waals surface area contributed by atoms with Crippen molar-refractivity contribution in [1.82, 2.24) is 29.1 Å². The van der Waals surface area contributed by atoms with Crippen LogP contribution in [0.3, 0.4) is 0 Å². The molecule has 0 aliphatic heterocycles. The van der Waals surface area contributed by atoms with E-state index in [0.29, 0.717) is 76.4 Å². The maximum atomic E-state index is 14.0. The van der Waals surface area contributed by atoms with Gasteiger partial charge in [0.2, 0.25) is 11.9 Å². The number of hydrogen-bond acceptors (Lipinski definition) is 13. The molecule has 2 aliphatic carbocycles. The number of pyridine rings is 2. The van der Waals surface area contributed by atoms with E-state index in [1.807, 2.05) is 6.07 Å². The van der Waals surface area contributed by atoms with Crippen LogP contribution in [-0.4, -0.2) is 67.2 Å². The Labute approximate surface area is 497 Å². The molecule has 2 saturated carbocycles. The van der Waals surface area contributed by atoms with E-state index in [1.165, 1.54) is 119 Å². The molecule has 0 atom stereocenters. The van der Waals surface area contributed by atoms with E-state index in [1.54, 1.807) is 93.1 Å². The van der Waals surface area contributed by atoms with Crippen molar-refractivity contribution in [3.8, 4) is 28.6 Å². The zero-order valence-corrected chi connectivity index (χ0v) is 52.6. The standard InChI is InChI=1S/C28H22BrClN4O5S.C24H21ClN4O4S.C4H7.BrH.Zn/c1-38-20-7-4-18(5-8-20)17-33(28-31-12-3-13-32-28)40(36,37)21-9-10-24-19(14-21)6-11-27(35)34(24)25-16-23(30)22(29)15-26(25)39-2;1-33-22-13-18(15-4-2-5-15)19(25)14-21(22)29-20-8-7-17(12-16(20)6-9-23(29)30)34(31,32)28-24-26-10-3-11-27-24;1-2-4-3-1;;/h3-16H,17H2,1-2H3;3,6-15H,2,4-5H2,1H3,(H,26,27,28);1H,2-4H2;1H;/q;;-1;;+2/p-1. The van der Waals surface area contributed by atoms with Gasteiger partial charge >= 0.3 is 30.0 Å². The molecule has 5 aromatic carbocycles. The summed E-state index contributed by atoms with van der Waals surface area (Å²) >= 11 is 20.6. The average molecular weight is 1340 g/mol. The molecule has 80 heavy (non-hydrogen) atoms. The molecule has 24 heteroatoms. The Morgan fingerprint density at radius 3 is 1.69 bits per heavy atom. The zero-order chi connectivity index (χ0) is 57.1. The van der Waals surface area contributed by atoms with Gasteiger partial charge in [0, 0.05) is 57.2 Å². The molecule has 0 unspecified atom stereocenters. The Bertz CT molecular complexity index is 4010. The van der Waals surface area contributed by atoms with E-state index >= 15 is 0 Å². The monoisotopic (exact) mass is 1330 g/mol. The first-order valence-electron chi connectivity index (χ1n) is 24.6. The molecular formula is C56H50Br2Cl2N8O9S2Zn. The van der Waals surface area contributed by atoms with Crippen LogP contribution in [-0.2, 0) is 42.9 Å². The van der Waals surface area contributed by atoms with Crippen LogP contribution in [0.25, 0.3) is 33.2 Å². The number of sulfonamides is 2. The number of hydrogen-bond donors (Lipinski definition) is 1. The fourth-order valence-corrected chi connectivity index (χ4v) is 11.7. The number of anilines is 2. The maximum absolute atomic E-state index is 14.0. The van der Waals surface area contributed by atoms with Gasteiger partial charge in [-0.3, -0.25) is 18.7 Å². The second kappa shape index (κ2) is 27.0. The molecular weight excluding hydrogens is 1290 g/mol. The average Bonchev–Trinajstić information content (AvgIpc) is 3.43. The van der Waals surface area contributed by atoms with E-state index in [9.17, 15) is 26.4 Å². The minimum atomic E-state index is -4.13. The summed E-state index contributed by atoms with van der Waals surface area (Å²) in [6.45, 7) is -0.0114. The first kappa shape index (κ1) is 59.9. The summed E-state index contributed by atoms with van der Waals surface area (Å²) in [5.41, 5.74) is 3.02. The molecule has 4 heterocycles. The van der Waals surface area contributed by atoms with Gasteiger partial charge in [0.25, 0.3) is 31.2 Å². The van der Waals surface area contributed by atoms with Crippen LogP contribution in [0.4, 0.5) is 11.9 Å². The molecule has 0 amide bonds. The summed E-state index contributed by atoms with van der Waals surface area (Å²) in [5.74, 6) is 1.98. The zero-order valence-electron chi connectivity index (χ0n) is 43.3. The van der Waals surface area contributed by atoms with Crippen LogP contribution in [0.1, 0.15) is 55.6 Å². The number of ether oxygens (including phenoxy) is 3. The first-order chi connectivity index (χ1) is 38.6. The number of fused-ring (bicyclic) bond motifs is 2. The van der Waals surface area contributed by atoms with E-state index in [0.717, 1.165) is 22.7 Å². The Balaban J connectivity index is 0.000000193. The van der Waals surface area contributed by atoms with Crippen LogP contribution in [0.5, 0.6) is 17.2 Å². The normalized spacial score (nSPS) is 13.0. The van der Waals surface area contributed by atoms with E-state index < -0.39 is 20.0 Å². The van der Waals surface area contributed by atoms with Crippen molar-refractivity contribution in [3.05, 3.63) is 199 Å². The Morgan fingerprint density at radius 1 is 0.662 bits per heavy atom. The SMILES string of the molecule is COc1cc(C2CCC2)c(Cl)cc1-n1c(=O)ccc2cc(S(=O)(=O)Nc3ncccn3)ccc21.COc1ccc(CN(c2ncccn2)S(=O)(=O)c2ccc3c(ccc(=O)n3-c3cc(Cl)c(Br)cc3OC)c2)cc1.[CH-]1CCC1.[Zn+][Br]. The second-order valence-electron chi connectivity index (χ2n) is 17.9. The van der Waals surface area contributed by atoms with Crippen molar-refractivity contribution in [2.24, 2.45) is 0 Å². The molecule has 17 nitrogen and oxygen atoms in total. The van der Waals surface area contributed by atoms with Crippen LogP contribution in [0.15, 0.2) is 170 Å². The molecule has 9 aromatic rings. The summed E-state index contributed by atoms with van der Waals surface area (Å²) in [6.07, 6.45) is 15.7. The van der Waals surface area contributed by atoms with Crippen molar-refractivity contribution in [2.45, 2.75) is 60.8 Å². The topological polar surface area (TPSA) is 207 Å². The first-order valence-corrected chi connectivity index (χ1v) is 36.1. The van der Waals surface area contributed by atoms with Crippen LogP contribution in [0.2, 0.25) is 10.0 Å². The number of benzene rings is 5. The quantitative estimate of drug-likeness (QED) is 0.0795. The van der Waals surface area contributed by atoms with Gasteiger partial charge in [-0.1, -0.05) is 41.8 Å². The number of halogens is 4. The third-order valence-electron chi connectivity index (χ3n) is 13.0. The molecule has 4 aromatic heterocycles. The van der Waals surface area contributed by atoms with Crippen molar-refractivity contribution in [1.29, 1.82) is 0 Å². The number of aromatic nitrogens is 6. The molecule has 0 bridgehead atoms. The molecule has 1 N–H and O–H groups in total. The molecule has 410 valence electrons. The van der Waals surface area contributed by atoms with Crippen molar-refractivity contribution < 1.29 is 47.4 Å². The fraction of sp³-hybridized carbons (Fsp3) is 0.196. The minimum absolute atomic E-state index is 0.00645. The van der Waals surface area contributed by atoms with E-state index in [-0.39, 0.29) is 39.4 Å². The molecule has 0 saturated heterocycles. The number of rotatable bonds is 14. The predicted octanol–water partition coefficient (Wildman–Crippen LogP) is 12.3. The molecule has 2 aliphatic rings. The van der Waals surface area contributed by atoms with E-state index in [4.69, 9.17) is 37.4 Å². The molecule has 0 radical (unpaired) electrons. The summed E-state index contributed by atoms with van der Waals surface area (Å²) in [5, 5.41) is 2.03. The summed E-state index contributed by atoms with van der Waals surface area (Å²) < 4.78 is 77.1. The molecule has 0 spiro atoms. The summed E-state index contributed by atoms with van der Waals surface area (Å²) in [4.78, 5) is 42.2. The van der Waals surface area contributed by atoms with E-state index in [2.05, 4.69) is 60.6 Å². The number of nitrogens with zero attached hydrogens (tertiary/aromatic N) is 7. The Hall–Kier alpha value is -6.26. The Morgan fingerprint density at radius 2 is 1.18 bits per heavy atom. The third-order valence-corrected chi connectivity index (χ3v) is 17.6. The summed E-state index contributed by atoms with van der Waals surface area (Å²) in [7, 11) is -3.47. The third kappa shape index (κ3) is 13.6. The van der Waals surface area contributed by atoms with Gasteiger partial charge in [-0.05, 0) is 143 Å². The van der Waals surface area contributed by atoms with Crippen LogP contribution >= 0.6 is 52.8 Å². The fourth-order valence-electron chi connectivity index (χ4n) is 8.50. The van der Waals surface area contributed by atoms with Crippen molar-refractivity contribution in [3.63, 3.8) is 0 Å². The Kier molecular flexibility index (Phi) is 20.2.